The minimum atomic E-state index is -3.40. The van der Waals surface area contributed by atoms with Gasteiger partial charge in [-0.25, -0.2) is 4.72 Å². The number of hydrogen-bond donors (Lipinski definition) is 2. The maximum Gasteiger partial charge on any atom is 0.317 e. The van der Waals surface area contributed by atoms with Gasteiger partial charge in [0, 0.05) is 32.7 Å². The molecule has 0 amide bonds. The Labute approximate surface area is 102 Å². The first-order chi connectivity index (χ1) is 7.95. The quantitative estimate of drug-likeness (QED) is 0.661. The fraction of sp³-hybridized carbons (Fsp3) is 0.889. The van der Waals surface area contributed by atoms with E-state index in [9.17, 15) is 13.2 Å². The van der Waals surface area contributed by atoms with E-state index in [0.717, 1.165) is 0 Å². The van der Waals surface area contributed by atoms with Gasteiger partial charge < -0.3 is 5.11 Å². The highest BCUT2D eigenvalue weighted by atomic mass is 32.2. The molecule has 17 heavy (non-hydrogen) atoms. The molecule has 0 aromatic heterocycles. The zero-order valence-electron chi connectivity index (χ0n) is 9.92. The van der Waals surface area contributed by atoms with E-state index in [1.807, 2.05) is 0 Å². The van der Waals surface area contributed by atoms with E-state index in [0.29, 0.717) is 39.1 Å². The molecule has 8 heteroatoms. The van der Waals surface area contributed by atoms with Crippen molar-refractivity contribution in [3.05, 3.63) is 0 Å². The maximum absolute atomic E-state index is 11.7. The number of nitrogens with one attached hydrogen (secondary N) is 1. The van der Waals surface area contributed by atoms with E-state index in [4.69, 9.17) is 5.11 Å². The number of carbonyl (C=O) groups is 1. The Hall–Kier alpha value is -0.700. The van der Waals surface area contributed by atoms with Crippen LogP contribution in [0.25, 0.3) is 0 Å². The second-order valence-corrected chi connectivity index (χ2v) is 5.68. The molecule has 0 bridgehead atoms. The number of aliphatic carboxylic acids is 1. The molecule has 0 radical (unpaired) electrons. The summed E-state index contributed by atoms with van der Waals surface area (Å²) in [5.41, 5.74) is 0. The fourth-order valence-corrected chi connectivity index (χ4v) is 3.05. The highest BCUT2D eigenvalue weighted by Gasteiger charge is 2.24. The van der Waals surface area contributed by atoms with Crippen LogP contribution in [0, 0.1) is 0 Å². The first-order valence-electron chi connectivity index (χ1n) is 5.64. The highest BCUT2D eigenvalue weighted by molar-refractivity contribution is 7.87. The smallest absolute Gasteiger partial charge is 0.317 e. The van der Waals surface area contributed by atoms with Gasteiger partial charge in [0.15, 0.2) is 0 Å². The summed E-state index contributed by atoms with van der Waals surface area (Å²) < 4.78 is 27.3. The number of carboxylic acids is 1. The lowest BCUT2D eigenvalue weighted by atomic mass is 10.4. The van der Waals surface area contributed by atoms with Gasteiger partial charge in [-0.1, -0.05) is 6.92 Å². The molecule has 0 saturated carbocycles. The summed E-state index contributed by atoms with van der Waals surface area (Å²) in [6, 6.07) is 0. The van der Waals surface area contributed by atoms with Crippen LogP contribution < -0.4 is 4.72 Å². The lowest BCUT2D eigenvalue weighted by Gasteiger charge is -2.20. The zero-order chi connectivity index (χ0) is 12.9. The fourth-order valence-electron chi connectivity index (χ4n) is 1.81. The monoisotopic (exact) mass is 265 g/mol. The molecule has 1 saturated heterocycles. The molecule has 1 fully saturated rings. The maximum atomic E-state index is 11.7. The Morgan fingerprint density at radius 1 is 1.29 bits per heavy atom. The Morgan fingerprint density at radius 3 is 2.59 bits per heavy atom. The van der Waals surface area contributed by atoms with E-state index in [1.165, 1.54) is 4.31 Å². The van der Waals surface area contributed by atoms with Crippen LogP contribution in [-0.4, -0.2) is 68.0 Å². The summed E-state index contributed by atoms with van der Waals surface area (Å²) in [7, 11) is -3.40. The van der Waals surface area contributed by atoms with Crippen molar-refractivity contribution in [3.63, 3.8) is 0 Å². The third-order valence-corrected chi connectivity index (χ3v) is 4.27. The standard InChI is InChI=1S/C9H19N3O4S/c1-2-10-17(15,16)12-5-3-4-11(6-7-12)8-9(13)14/h10H,2-8H2,1H3,(H,13,14). The van der Waals surface area contributed by atoms with Gasteiger partial charge in [0.2, 0.25) is 0 Å². The molecule has 0 atom stereocenters. The minimum absolute atomic E-state index is 0.0326. The molecule has 0 unspecified atom stereocenters. The number of carboxylic acid groups (broad SMARTS) is 1. The van der Waals surface area contributed by atoms with Crippen molar-refractivity contribution >= 4 is 16.2 Å². The second kappa shape index (κ2) is 6.29. The van der Waals surface area contributed by atoms with Crippen molar-refractivity contribution in [2.24, 2.45) is 0 Å². The van der Waals surface area contributed by atoms with Gasteiger partial charge in [0.25, 0.3) is 10.2 Å². The third-order valence-electron chi connectivity index (χ3n) is 2.57. The van der Waals surface area contributed by atoms with Gasteiger partial charge in [-0.15, -0.1) is 0 Å². The van der Waals surface area contributed by atoms with Gasteiger partial charge in [0.1, 0.15) is 0 Å². The van der Waals surface area contributed by atoms with E-state index in [1.54, 1.807) is 11.8 Å². The summed E-state index contributed by atoms with van der Waals surface area (Å²) in [5.74, 6) is -0.881. The van der Waals surface area contributed by atoms with Crippen molar-refractivity contribution in [3.8, 4) is 0 Å². The lowest BCUT2D eigenvalue weighted by Crippen LogP contribution is -2.42. The predicted octanol–water partition coefficient (Wildman–Crippen LogP) is -1.07. The minimum Gasteiger partial charge on any atom is -0.480 e. The molecule has 1 aliphatic heterocycles. The first kappa shape index (κ1) is 14.4. The third kappa shape index (κ3) is 4.58. The van der Waals surface area contributed by atoms with Gasteiger partial charge >= 0.3 is 5.97 Å². The Morgan fingerprint density at radius 2 is 2.00 bits per heavy atom. The van der Waals surface area contributed by atoms with Crippen LogP contribution in [0.1, 0.15) is 13.3 Å². The van der Waals surface area contributed by atoms with Crippen LogP contribution in [0.15, 0.2) is 0 Å². The molecule has 0 aliphatic carbocycles. The molecule has 0 aromatic carbocycles. The largest absolute Gasteiger partial charge is 0.480 e. The van der Waals surface area contributed by atoms with Crippen molar-refractivity contribution in [2.75, 3.05) is 39.3 Å². The number of nitrogens with zero attached hydrogens (tertiary/aromatic N) is 2. The lowest BCUT2D eigenvalue weighted by molar-refractivity contribution is -0.138. The Kier molecular flexibility index (Phi) is 5.31. The molecular formula is C9H19N3O4S. The van der Waals surface area contributed by atoms with Crippen LogP contribution >= 0.6 is 0 Å². The molecule has 100 valence electrons. The van der Waals surface area contributed by atoms with Crippen LogP contribution in [0.4, 0.5) is 0 Å². The van der Waals surface area contributed by atoms with Crippen LogP contribution in [0.3, 0.4) is 0 Å². The summed E-state index contributed by atoms with van der Waals surface area (Å²) in [5, 5.41) is 8.68. The molecule has 2 N–H and O–H groups in total. The van der Waals surface area contributed by atoms with Gasteiger partial charge in [-0.05, 0) is 6.42 Å². The summed E-state index contributed by atoms with van der Waals surface area (Å²) in [6.45, 7) is 3.90. The summed E-state index contributed by atoms with van der Waals surface area (Å²) in [4.78, 5) is 12.3. The second-order valence-electron chi connectivity index (χ2n) is 3.93. The topological polar surface area (TPSA) is 90.0 Å². The van der Waals surface area contributed by atoms with Gasteiger partial charge in [0.05, 0.1) is 6.54 Å². The van der Waals surface area contributed by atoms with Crippen LogP contribution in [0.5, 0.6) is 0 Å². The van der Waals surface area contributed by atoms with Crippen LogP contribution in [0.2, 0.25) is 0 Å². The molecule has 7 nitrogen and oxygen atoms in total. The molecule has 0 aromatic rings. The average Bonchev–Trinajstić information content (AvgIpc) is 2.42. The van der Waals surface area contributed by atoms with Crippen molar-refractivity contribution < 1.29 is 18.3 Å². The van der Waals surface area contributed by atoms with Crippen molar-refractivity contribution in [1.82, 2.24) is 13.9 Å². The van der Waals surface area contributed by atoms with Crippen molar-refractivity contribution in [2.45, 2.75) is 13.3 Å². The van der Waals surface area contributed by atoms with Gasteiger partial charge in [-0.3, -0.25) is 9.69 Å². The molecular weight excluding hydrogens is 246 g/mol. The van der Waals surface area contributed by atoms with Crippen molar-refractivity contribution in [1.29, 1.82) is 0 Å². The van der Waals surface area contributed by atoms with Gasteiger partial charge in [-0.2, -0.15) is 12.7 Å². The van der Waals surface area contributed by atoms with E-state index < -0.39 is 16.2 Å². The SMILES string of the molecule is CCNS(=O)(=O)N1CCCN(CC(=O)O)CC1. The molecule has 1 rings (SSSR count). The van der Waals surface area contributed by atoms with E-state index in [2.05, 4.69) is 4.72 Å². The normalized spacial score (nSPS) is 20.1. The first-order valence-corrected chi connectivity index (χ1v) is 7.08. The van der Waals surface area contributed by atoms with E-state index >= 15 is 0 Å². The molecule has 1 heterocycles. The Bertz CT molecular complexity index is 357. The summed E-state index contributed by atoms with van der Waals surface area (Å²) >= 11 is 0. The number of rotatable bonds is 5. The molecule has 1 aliphatic rings. The Balaban J connectivity index is 2.56. The summed E-state index contributed by atoms with van der Waals surface area (Å²) in [6.07, 6.45) is 0.651. The van der Waals surface area contributed by atoms with E-state index in [-0.39, 0.29) is 6.54 Å². The number of hydrogen-bond acceptors (Lipinski definition) is 4. The zero-order valence-corrected chi connectivity index (χ0v) is 10.7. The highest BCUT2D eigenvalue weighted by Crippen LogP contribution is 2.06. The predicted molar refractivity (Wildman–Crippen MR) is 62.9 cm³/mol. The molecule has 0 spiro atoms. The average molecular weight is 265 g/mol. The van der Waals surface area contributed by atoms with Crippen LogP contribution in [-0.2, 0) is 15.0 Å².